The summed E-state index contributed by atoms with van der Waals surface area (Å²) in [7, 11) is -0.686. The fourth-order valence-corrected chi connectivity index (χ4v) is 4.51. The zero-order valence-electron chi connectivity index (χ0n) is 18.3. The highest BCUT2D eigenvalue weighted by molar-refractivity contribution is 7.60. The van der Waals surface area contributed by atoms with Gasteiger partial charge in [-0.15, -0.1) is 0 Å². The predicted octanol–water partition coefficient (Wildman–Crippen LogP) is 7.57. The van der Waals surface area contributed by atoms with Gasteiger partial charge in [0.05, 0.1) is 6.20 Å². The van der Waals surface area contributed by atoms with Gasteiger partial charge in [-0.3, -0.25) is 0 Å². The summed E-state index contributed by atoms with van der Waals surface area (Å²) in [4.78, 5) is 8.67. The minimum Gasteiger partial charge on any atom is -0.324 e. The minimum atomic E-state index is -0.686. The Morgan fingerprint density at radius 3 is 2.65 bits per heavy atom. The van der Waals surface area contributed by atoms with Crippen molar-refractivity contribution in [1.82, 2.24) is 9.97 Å². The van der Waals surface area contributed by atoms with Crippen LogP contribution in [0.4, 0.5) is 21.8 Å². The number of hydrogen-bond acceptors (Lipinski definition) is 4. The molecule has 0 unspecified atom stereocenters. The van der Waals surface area contributed by atoms with Crippen molar-refractivity contribution < 1.29 is 4.39 Å². The number of aryl methyl sites for hydroxylation is 2. The van der Waals surface area contributed by atoms with Crippen LogP contribution in [0.5, 0.6) is 0 Å². The fourth-order valence-electron chi connectivity index (χ4n) is 3.46. The lowest BCUT2D eigenvalue weighted by Crippen LogP contribution is -2.05. The second kappa shape index (κ2) is 10.9. The van der Waals surface area contributed by atoms with Gasteiger partial charge < -0.3 is 10.6 Å². The van der Waals surface area contributed by atoms with Crippen molar-refractivity contribution in [2.24, 2.45) is 0 Å². The zero-order valence-corrected chi connectivity index (χ0v) is 20.0. The van der Waals surface area contributed by atoms with Crippen LogP contribution in [0.2, 0.25) is 5.02 Å². The lowest BCUT2D eigenvalue weighted by molar-refractivity contribution is 0.643. The largest absolute Gasteiger partial charge is 0.324 e. The molecule has 2 aromatic rings. The number of hydrogen-bond donors (Lipinski definition) is 2. The van der Waals surface area contributed by atoms with Crippen LogP contribution in [0.3, 0.4) is 0 Å². The number of halogens is 2. The molecule has 0 amide bonds. The monoisotopic (exact) mass is 458 g/mol. The number of nitrogens with zero attached hydrogens (tertiary/aromatic N) is 2. The summed E-state index contributed by atoms with van der Waals surface area (Å²) in [5.41, 5.74) is 4.60. The summed E-state index contributed by atoms with van der Waals surface area (Å²) in [6, 6.07) is 6.37. The van der Waals surface area contributed by atoms with Gasteiger partial charge in [-0.2, -0.15) is 9.37 Å². The van der Waals surface area contributed by atoms with Crippen LogP contribution in [0.25, 0.3) is 0 Å². The number of nitrogens with one attached hydrogen (secondary N) is 2. The van der Waals surface area contributed by atoms with Crippen molar-refractivity contribution in [2.75, 3.05) is 24.0 Å². The first kappa shape index (κ1) is 23.4. The molecule has 7 heteroatoms. The van der Waals surface area contributed by atoms with E-state index in [1.54, 1.807) is 12.2 Å². The minimum absolute atomic E-state index is 0.227. The first-order valence-corrected chi connectivity index (χ1v) is 13.0. The molecule has 0 aliphatic heterocycles. The topological polar surface area (TPSA) is 49.8 Å². The predicted molar refractivity (Wildman–Crippen MR) is 133 cm³/mol. The van der Waals surface area contributed by atoms with E-state index in [9.17, 15) is 0 Å². The summed E-state index contributed by atoms with van der Waals surface area (Å²) < 4.78 is 15.0. The number of fused-ring (bicyclic) bond motifs is 1. The first-order valence-electron chi connectivity index (χ1n) is 10.4. The highest BCUT2D eigenvalue weighted by Gasteiger charge is 2.14. The standard InChI is InChI=1S/C24H29ClFN4P/c1-5-16(2)13-21(31(3)4)22(26)29-23-20(25)15-27-24(30-23)28-19-12-11-17-9-7-6-8-10-18(17)14-19/h5,11-15H,1,6-10H2,2-4H3,(H2,27,28,29,30)/b16-13-,22-21-. The van der Waals surface area contributed by atoms with Crippen LogP contribution in [-0.2, 0) is 12.8 Å². The smallest absolute Gasteiger partial charge is 0.229 e. The third-order valence-electron chi connectivity index (χ3n) is 5.22. The van der Waals surface area contributed by atoms with Gasteiger partial charge in [-0.05, 0) is 75.3 Å². The highest BCUT2D eigenvalue weighted by atomic mass is 35.5. The van der Waals surface area contributed by atoms with Gasteiger partial charge in [0.25, 0.3) is 0 Å². The number of allylic oxidation sites excluding steroid dienone is 4. The summed E-state index contributed by atoms with van der Waals surface area (Å²) >= 11 is 6.24. The summed E-state index contributed by atoms with van der Waals surface area (Å²) in [6.07, 6.45) is 10.9. The SMILES string of the molecule is C=C/C(C)=C\C(=C(/F)Nc1nc(Nc2ccc3c(c2)CCCCC3)ncc1Cl)P(C)C. The van der Waals surface area contributed by atoms with Gasteiger partial charge >= 0.3 is 0 Å². The number of aromatic nitrogens is 2. The van der Waals surface area contributed by atoms with Crippen LogP contribution >= 0.6 is 19.5 Å². The molecule has 0 saturated carbocycles. The van der Waals surface area contributed by atoms with E-state index in [4.69, 9.17) is 11.6 Å². The van der Waals surface area contributed by atoms with E-state index in [0.717, 1.165) is 24.1 Å². The Balaban J connectivity index is 1.84. The summed E-state index contributed by atoms with van der Waals surface area (Å²) in [5.74, 6) is 0.127. The van der Waals surface area contributed by atoms with Crippen molar-refractivity contribution in [3.05, 3.63) is 76.1 Å². The van der Waals surface area contributed by atoms with E-state index in [-0.39, 0.29) is 10.8 Å². The molecule has 0 saturated heterocycles. The average Bonchev–Trinajstić information content (AvgIpc) is 2.98. The van der Waals surface area contributed by atoms with Crippen molar-refractivity contribution >= 4 is 37.0 Å². The van der Waals surface area contributed by atoms with Gasteiger partial charge in [0.1, 0.15) is 5.02 Å². The van der Waals surface area contributed by atoms with Gasteiger partial charge in [0.2, 0.25) is 5.95 Å². The molecule has 0 bridgehead atoms. The zero-order chi connectivity index (χ0) is 22.4. The van der Waals surface area contributed by atoms with Crippen LogP contribution in [0.15, 0.2) is 60.0 Å². The normalized spacial score (nSPS) is 15.1. The van der Waals surface area contributed by atoms with E-state index >= 15 is 4.39 Å². The maximum Gasteiger partial charge on any atom is 0.229 e. The van der Waals surface area contributed by atoms with E-state index in [0.29, 0.717) is 11.3 Å². The average molecular weight is 459 g/mol. The molecular formula is C24H29ClFN4P. The molecule has 0 atom stereocenters. The third-order valence-corrected chi connectivity index (χ3v) is 6.79. The molecule has 2 N–H and O–H groups in total. The molecular weight excluding hydrogens is 430 g/mol. The Kier molecular flexibility index (Phi) is 8.22. The molecule has 164 valence electrons. The van der Waals surface area contributed by atoms with Crippen molar-refractivity contribution in [1.29, 1.82) is 0 Å². The number of rotatable bonds is 7. The summed E-state index contributed by atoms with van der Waals surface area (Å²) in [6.45, 7) is 9.61. The van der Waals surface area contributed by atoms with E-state index in [2.05, 4.69) is 39.3 Å². The Labute approximate surface area is 190 Å². The first-order chi connectivity index (χ1) is 14.9. The molecule has 0 spiro atoms. The number of benzene rings is 1. The van der Waals surface area contributed by atoms with Crippen molar-refractivity contribution in [3.8, 4) is 0 Å². The van der Waals surface area contributed by atoms with E-state index in [1.807, 2.05) is 26.3 Å². The van der Waals surface area contributed by atoms with Crippen LogP contribution in [-0.4, -0.2) is 23.3 Å². The van der Waals surface area contributed by atoms with Gasteiger partial charge in [0.15, 0.2) is 11.8 Å². The molecule has 1 aliphatic rings. The third kappa shape index (κ3) is 6.38. The Morgan fingerprint density at radius 1 is 1.19 bits per heavy atom. The molecule has 1 aliphatic carbocycles. The second-order valence-corrected chi connectivity index (χ2v) is 10.5. The van der Waals surface area contributed by atoms with Crippen LogP contribution in [0, 0.1) is 0 Å². The molecule has 1 aromatic carbocycles. The lowest BCUT2D eigenvalue weighted by Gasteiger charge is -2.14. The molecule has 0 fully saturated rings. The van der Waals surface area contributed by atoms with Gasteiger partial charge in [0, 0.05) is 11.0 Å². The van der Waals surface area contributed by atoms with Crippen molar-refractivity contribution in [3.63, 3.8) is 0 Å². The molecule has 1 aromatic heterocycles. The summed E-state index contributed by atoms with van der Waals surface area (Å²) in [5, 5.41) is 6.80. The number of anilines is 3. The molecule has 3 rings (SSSR count). The Morgan fingerprint density at radius 2 is 1.94 bits per heavy atom. The fraction of sp³-hybridized carbons (Fsp3) is 0.333. The van der Waals surface area contributed by atoms with Crippen LogP contribution in [0.1, 0.15) is 37.3 Å². The maximum absolute atomic E-state index is 15.0. The molecule has 4 nitrogen and oxygen atoms in total. The molecule has 31 heavy (non-hydrogen) atoms. The highest BCUT2D eigenvalue weighted by Crippen LogP contribution is 2.41. The quantitative estimate of drug-likeness (QED) is 0.194. The van der Waals surface area contributed by atoms with Gasteiger partial charge in [-0.1, -0.05) is 50.2 Å². The maximum atomic E-state index is 15.0. The Bertz CT molecular complexity index is 1020. The lowest BCUT2D eigenvalue weighted by atomic mass is 10.0. The van der Waals surface area contributed by atoms with Crippen LogP contribution < -0.4 is 10.6 Å². The van der Waals surface area contributed by atoms with Crippen molar-refractivity contribution in [2.45, 2.75) is 39.0 Å². The molecule has 1 heterocycles. The van der Waals surface area contributed by atoms with E-state index in [1.165, 1.54) is 36.6 Å². The van der Waals surface area contributed by atoms with Gasteiger partial charge in [-0.25, -0.2) is 4.98 Å². The molecule has 0 radical (unpaired) electrons. The Hall–Kier alpha value is -2.23. The second-order valence-electron chi connectivity index (χ2n) is 7.87. The van der Waals surface area contributed by atoms with E-state index < -0.39 is 13.9 Å².